The third-order valence-electron chi connectivity index (χ3n) is 18.3. The highest BCUT2D eigenvalue weighted by Gasteiger charge is 2.57. The van der Waals surface area contributed by atoms with Crippen LogP contribution in [0.3, 0.4) is 0 Å². The monoisotopic (exact) mass is 1380 g/mol. The number of ether oxygens (including phenoxy) is 4. The van der Waals surface area contributed by atoms with E-state index in [-0.39, 0.29) is 131 Å². The molecule has 4 N–H and O–H groups in total. The van der Waals surface area contributed by atoms with Gasteiger partial charge in [0.1, 0.15) is 71.0 Å². The van der Waals surface area contributed by atoms with Gasteiger partial charge in [0.2, 0.25) is 0 Å². The number of aromatic hydroxyl groups is 1. The molecule has 482 valence electrons. The van der Waals surface area contributed by atoms with Crippen molar-refractivity contribution in [3.8, 4) is 29.0 Å². The predicted octanol–water partition coefficient (Wildman–Crippen LogP) is 11.2. The summed E-state index contributed by atoms with van der Waals surface area (Å²) >= 11 is 6.74. The molecule has 8 atom stereocenters. The van der Waals surface area contributed by atoms with Gasteiger partial charge in [0.25, 0.3) is 0 Å². The van der Waals surface area contributed by atoms with Gasteiger partial charge in [-0.15, -0.1) is 0 Å². The summed E-state index contributed by atoms with van der Waals surface area (Å²) in [6, 6.07) is 4.30. The molecule has 0 bridgehead atoms. The molecule has 3 aromatic heterocycles. The van der Waals surface area contributed by atoms with Gasteiger partial charge in [-0.3, -0.25) is 19.8 Å². The molecule has 25 heteroatoms. The smallest absolute Gasteiger partial charge is 0.319 e. The number of aryl methyl sites for hydroxylation is 1. The average Bonchev–Trinajstić information content (AvgIpc) is 1.33. The lowest BCUT2D eigenvalue weighted by Crippen LogP contribution is -2.48. The lowest BCUT2D eigenvalue weighted by molar-refractivity contribution is -0.0123. The Bertz CT molecular complexity index is 3740. The van der Waals surface area contributed by atoms with Crippen molar-refractivity contribution in [3.63, 3.8) is 0 Å². The number of benzene rings is 2. The summed E-state index contributed by atoms with van der Waals surface area (Å²) in [4.78, 5) is 36.1. The first-order chi connectivity index (χ1) is 43.0. The summed E-state index contributed by atoms with van der Waals surface area (Å²) in [5, 5.41) is 44.8. The second-order valence-corrected chi connectivity index (χ2v) is 26.8. The van der Waals surface area contributed by atoms with E-state index in [1.54, 1.807) is 31.9 Å². The Morgan fingerprint density at radius 3 is 2.50 bits per heavy atom. The number of anilines is 2. The number of rotatable bonds is 18. The van der Waals surface area contributed by atoms with Crippen LogP contribution in [0.5, 0.6) is 17.8 Å². The molecule has 5 fully saturated rings. The van der Waals surface area contributed by atoms with Crippen LogP contribution in [-0.2, 0) is 9.47 Å². The fraction of sp³-hybridized carbons (Fsp3) is 0.508. The van der Waals surface area contributed by atoms with E-state index in [1.165, 1.54) is 48.7 Å². The Morgan fingerprint density at radius 1 is 0.989 bits per heavy atom. The highest BCUT2D eigenvalue weighted by Crippen LogP contribution is 2.51. The van der Waals surface area contributed by atoms with Crippen molar-refractivity contribution in [1.82, 2.24) is 34.7 Å². The number of halogens is 7. The van der Waals surface area contributed by atoms with Crippen LogP contribution >= 0.6 is 31.9 Å². The summed E-state index contributed by atoms with van der Waals surface area (Å²) in [5.74, 6) is -2.66. The van der Waals surface area contributed by atoms with Crippen LogP contribution < -0.4 is 19.3 Å². The van der Waals surface area contributed by atoms with Crippen molar-refractivity contribution in [3.05, 3.63) is 116 Å². The highest BCUT2D eigenvalue weighted by atomic mass is 79.9. The number of hydrogen-bond donors (Lipinski definition) is 4. The predicted molar refractivity (Wildman–Crippen MR) is 341 cm³/mol. The van der Waals surface area contributed by atoms with Crippen molar-refractivity contribution in [1.29, 1.82) is 0 Å². The molecule has 2 aromatic carbocycles. The topological polar surface area (TPSA) is 208 Å². The number of aromatic nitrogens is 5. The summed E-state index contributed by atoms with van der Waals surface area (Å²) in [6.45, 7) is 14.2. The van der Waals surface area contributed by atoms with Crippen LogP contribution in [0, 0.1) is 30.4 Å². The number of fused-ring (bicyclic) bond motifs is 3. The number of likely N-dealkylation sites (tertiary alicyclic amines) is 1. The van der Waals surface area contributed by atoms with Crippen LogP contribution in [-0.4, -0.2) is 189 Å². The molecule has 0 amide bonds. The fourth-order valence-corrected chi connectivity index (χ4v) is 14.7. The van der Waals surface area contributed by atoms with Gasteiger partial charge in [0.15, 0.2) is 5.82 Å². The van der Waals surface area contributed by atoms with Crippen molar-refractivity contribution in [2.45, 2.75) is 108 Å². The minimum Gasteiger partial charge on any atom is -0.508 e. The second kappa shape index (κ2) is 26.8. The maximum atomic E-state index is 17.4. The van der Waals surface area contributed by atoms with E-state index in [0.717, 1.165) is 19.4 Å². The zero-order valence-corrected chi connectivity index (χ0v) is 54.1. The molecular weight excluding hydrogens is 1300 g/mol. The van der Waals surface area contributed by atoms with Crippen molar-refractivity contribution in [2.75, 3.05) is 102 Å². The van der Waals surface area contributed by atoms with Gasteiger partial charge < -0.3 is 49.2 Å². The number of phenols is 1. The molecule has 11 rings (SSSR count). The zero-order valence-electron chi connectivity index (χ0n) is 51.0. The SMILES string of the molecule is C=C(C/C=C(O)\C=C1\C(C2[C@H](F)C[C@]3(COc4nc(N5CCOCC(C)(O)C5)c5cnc(-c6cc(O)cc7ccc(F)c(Br)c67)c(F)c5n4)CCCN23)=CC(F)=C(Br)C1C)/N=C\c1c(C)nc(OC[C@@]2(C[C@H](C)F)CCCN2C)nc1N1CCOCC(CO)C1. The number of aliphatic hydroxyl groups is 3. The largest absolute Gasteiger partial charge is 0.508 e. The number of pyridine rings is 1. The number of aliphatic hydroxyl groups excluding tert-OH is 2. The molecule has 1 aliphatic carbocycles. The van der Waals surface area contributed by atoms with E-state index < -0.39 is 58.4 Å². The van der Waals surface area contributed by atoms with Gasteiger partial charge in [-0.2, -0.15) is 19.9 Å². The lowest BCUT2D eigenvalue weighted by atomic mass is 9.83. The van der Waals surface area contributed by atoms with E-state index >= 15 is 17.6 Å². The molecule has 8 heterocycles. The van der Waals surface area contributed by atoms with Crippen LogP contribution in [0.4, 0.5) is 33.6 Å². The maximum absolute atomic E-state index is 17.4. The van der Waals surface area contributed by atoms with E-state index in [9.17, 15) is 24.8 Å². The highest BCUT2D eigenvalue weighted by molar-refractivity contribution is 9.11. The molecule has 5 aromatic rings. The molecule has 6 aliphatic rings. The average molecular weight is 1380 g/mol. The summed E-state index contributed by atoms with van der Waals surface area (Å²) in [6.07, 6.45) is 7.92. The Kier molecular flexibility index (Phi) is 19.4. The number of β-amino-alcohol motifs (C(OH)–C–C–N with tert-alkyl or cyclic N) is 1. The Balaban J connectivity index is 0.856. The minimum absolute atomic E-state index is 0.0243. The molecule has 18 nitrogen and oxygen atoms in total. The van der Waals surface area contributed by atoms with Gasteiger partial charge in [-0.25, -0.2) is 22.0 Å². The first-order valence-electron chi connectivity index (χ1n) is 30.4. The van der Waals surface area contributed by atoms with Crippen molar-refractivity contribution < 1.29 is 61.3 Å². The summed E-state index contributed by atoms with van der Waals surface area (Å²) < 4.78 is 105. The number of alkyl halides is 2. The molecule has 4 unspecified atom stereocenters. The molecule has 5 aliphatic heterocycles. The quantitative estimate of drug-likeness (QED) is 0.0365. The summed E-state index contributed by atoms with van der Waals surface area (Å²) in [7, 11) is 1.98. The van der Waals surface area contributed by atoms with E-state index in [4.69, 9.17) is 38.9 Å². The Morgan fingerprint density at radius 2 is 1.73 bits per heavy atom. The Labute approximate surface area is 536 Å². The van der Waals surface area contributed by atoms with Gasteiger partial charge >= 0.3 is 12.0 Å². The van der Waals surface area contributed by atoms with Crippen LogP contribution in [0.15, 0.2) is 97.6 Å². The van der Waals surface area contributed by atoms with Gasteiger partial charge in [-0.05, 0) is 142 Å². The van der Waals surface area contributed by atoms with Crippen molar-refractivity contribution >= 4 is 71.4 Å². The standard InChI is InChI=1S/C65H75Br2F5N10O8/c1-36(68)25-64(13-7-15-79(64)6)34-89-61-75-39(4)47(59(77-61)80-17-19-87-31-40(29-80)30-83)27-73-37(2)9-11-42(84)22-44-38(3)53(66)50(70)24-45(44)58-51(71)26-65(14-8-16-82(58)65)35-90-62-76-57-48(60(78-62)81-18-20-88-33-63(5,86)32-81)28-74-56(55(57)72)46-23-43(85)21-41-10-12-49(69)54(67)52(41)46/h10-12,21-24,27-28,36,38,40,51,58,83-86H,2,7-9,13-20,25-26,29-35H2,1,3-6H3/b42-11+,44-22+,73-27-/t36-,38?,40?,51+,58?,63?,64-,65-/m0/s1. The third kappa shape index (κ3) is 13.4. The number of allylic oxidation sites excluding steroid dienone is 5. The van der Waals surface area contributed by atoms with Crippen LogP contribution in [0.1, 0.15) is 77.0 Å². The maximum Gasteiger partial charge on any atom is 0.319 e. The summed E-state index contributed by atoms with van der Waals surface area (Å²) in [5.41, 5.74) is -0.896. The number of likely N-dealkylation sites (N-methyl/N-ethyl adjacent to an activating group) is 1. The van der Waals surface area contributed by atoms with Gasteiger partial charge in [0.05, 0.1) is 77.4 Å². The molecular formula is C65H75Br2F5N10O8. The van der Waals surface area contributed by atoms with E-state index in [1.807, 2.05) is 23.8 Å². The van der Waals surface area contributed by atoms with E-state index in [2.05, 4.69) is 53.3 Å². The minimum atomic E-state index is -1.54. The van der Waals surface area contributed by atoms with Gasteiger partial charge in [-0.1, -0.05) is 35.5 Å². The number of aliphatic imine (C=N–C) groups is 1. The number of hydrogen-bond acceptors (Lipinski definition) is 18. The molecule has 0 spiro atoms. The second-order valence-electron chi connectivity index (χ2n) is 25.1. The normalized spacial score (nSPS) is 27.3. The number of phenolic OH excluding ortho intramolecular Hbond substituents is 1. The first kappa shape index (κ1) is 65.3. The van der Waals surface area contributed by atoms with Crippen molar-refractivity contribution in [2.24, 2.45) is 16.8 Å². The van der Waals surface area contributed by atoms with E-state index in [0.29, 0.717) is 91.4 Å². The molecule has 90 heavy (non-hydrogen) atoms. The third-order valence-corrected chi connectivity index (χ3v) is 20.2. The molecule has 0 radical (unpaired) electrons. The Hall–Kier alpha value is -6.19. The zero-order chi connectivity index (χ0) is 64.0. The van der Waals surface area contributed by atoms with Crippen LogP contribution in [0.2, 0.25) is 0 Å². The molecule has 5 saturated heterocycles. The van der Waals surface area contributed by atoms with Crippen LogP contribution in [0.25, 0.3) is 32.9 Å². The molecule has 0 saturated carbocycles. The first-order valence-corrected chi connectivity index (χ1v) is 32.0. The fourth-order valence-electron chi connectivity index (χ4n) is 13.8. The number of nitrogens with zero attached hydrogens (tertiary/aromatic N) is 10. The lowest BCUT2D eigenvalue weighted by Gasteiger charge is -2.37. The van der Waals surface area contributed by atoms with Gasteiger partial charge in [0, 0.05) is 84.5 Å².